The van der Waals surface area contributed by atoms with Crippen molar-refractivity contribution in [2.24, 2.45) is 0 Å². The highest BCUT2D eigenvalue weighted by Gasteiger charge is 2.16. The van der Waals surface area contributed by atoms with Crippen molar-refractivity contribution in [1.29, 1.82) is 5.26 Å². The lowest BCUT2D eigenvalue weighted by Crippen LogP contribution is -2.31. The Hall–Kier alpha value is -2.98. The number of aromatic nitrogens is 2. The summed E-state index contributed by atoms with van der Waals surface area (Å²) in [5.41, 5.74) is 1.75. The Morgan fingerprint density at radius 2 is 2.04 bits per heavy atom. The number of hydrogen-bond acceptors (Lipinski definition) is 6. The Morgan fingerprint density at radius 3 is 2.67 bits per heavy atom. The first-order valence-electron chi connectivity index (χ1n) is 7.73. The third-order valence-corrected chi connectivity index (χ3v) is 3.70. The largest absolute Gasteiger partial charge is 0.376 e. The minimum atomic E-state index is -0.213. The first kappa shape index (κ1) is 15.9. The van der Waals surface area contributed by atoms with E-state index < -0.39 is 0 Å². The number of anilines is 2. The molecule has 122 valence electrons. The Kier molecular flexibility index (Phi) is 4.99. The molecule has 1 atom stereocenters. The standard InChI is InChI=1S/C17H17N5O2/c18-8-12-3-5-14(6-4-12)22-17-20-9-13(10-21-17)16(23)19-11-15-2-1-7-24-15/h3-6,9-10,15H,1-2,7,11H2,(H,19,23)(H,20,21,22). The van der Waals surface area contributed by atoms with Gasteiger partial charge < -0.3 is 15.4 Å². The number of nitrogens with one attached hydrogen (secondary N) is 2. The summed E-state index contributed by atoms with van der Waals surface area (Å²) in [5.74, 6) is 0.172. The van der Waals surface area contributed by atoms with Gasteiger partial charge in [0.1, 0.15) is 0 Å². The van der Waals surface area contributed by atoms with E-state index in [0.717, 1.165) is 25.1 Å². The van der Waals surface area contributed by atoms with Crippen LogP contribution in [0.15, 0.2) is 36.7 Å². The topological polar surface area (TPSA) is 99.9 Å². The van der Waals surface area contributed by atoms with E-state index in [1.165, 1.54) is 12.4 Å². The molecule has 2 aromatic rings. The van der Waals surface area contributed by atoms with Crippen LogP contribution in [0.4, 0.5) is 11.6 Å². The molecule has 2 heterocycles. The van der Waals surface area contributed by atoms with Crippen molar-refractivity contribution < 1.29 is 9.53 Å². The zero-order valence-corrected chi connectivity index (χ0v) is 13.0. The molecule has 0 aliphatic carbocycles. The number of benzene rings is 1. The molecule has 0 radical (unpaired) electrons. The summed E-state index contributed by atoms with van der Waals surface area (Å²) in [6.45, 7) is 1.27. The van der Waals surface area contributed by atoms with Gasteiger partial charge in [0, 0.05) is 31.2 Å². The molecule has 1 aliphatic heterocycles. The number of carbonyl (C=O) groups excluding carboxylic acids is 1. The van der Waals surface area contributed by atoms with Gasteiger partial charge in [-0.25, -0.2) is 9.97 Å². The molecule has 2 N–H and O–H groups in total. The maximum absolute atomic E-state index is 12.0. The third-order valence-electron chi connectivity index (χ3n) is 3.70. The monoisotopic (exact) mass is 323 g/mol. The predicted molar refractivity (Wildman–Crippen MR) is 87.8 cm³/mol. The number of rotatable bonds is 5. The smallest absolute Gasteiger partial charge is 0.254 e. The average Bonchev–Trinajstić information content (AvgIpc) is 3.14. The van der Waals surface area contributed by atoms with E-state index in [4.69, 9.17) is 10.00 Å². The van der Waals surface area contributed by atoms with E-state index in [1.54, 1.807) is 24.3 Å². The lowest BCUT2D eigenvalue weighted by Gasteiger charge is -2.10. The fourth-order valence-electron chi connectivity index (χ4n) is 2.38. The number of amides is 1. The molecule has 1 fully saturated rings. The summed E-state index contributed by atoms with van der Waals surface area (Å²) in [5, 5.41) is 14.6. The fraction of sp³-hybridized carbons (Fsp3) is 0.294. The highest BCUT2D eigenvalue weighted by molar-refractivity contribution is 5.93. The molecule has 1 aliphatic rings. The minimum Gasteiger partial charge on any atom is -0.376 e. The molecule has 1 unspecified atom stereocenters. The Balaban J connectivity index is 1.55. The van der Waals surface area contributed by atoms with E-state index in [1.807, 2.05) is 0 Å². The number of nitrogens with zero attached hydrogens (tertiary/aromatic N) is 3. The van der Waals surface area contributed by atoms with Gasteiger partial charge in [0.25, 0.3) is 5.91 Å². The summed E-state index contributed by atoms with van der Waals surface area (Å²) in [6.07, 6.45) is 5.07. The molecule has 1 aromatic carbocycles. The normalized spacial score (nSPS) is 16.4. The van der Waals surface area contributed by atoms with E-state index in [0.29, 0.717) is 23.6 Å². The second kappa shape index (κ2) is 7.53. The Bertz CT molecular complexity index is 731. The first-order valence-corrected chi connectivity index (χ1v) is 7.73. The van der Waals surface area contributed by atoms with Crippen LogP contribution in [0.25, 0.3) is 0 Å². The number of ether oxygens (including phenoxy) is 1. The summed E-state index contributed by atoms with van der Waals surface area (Å²) in [6, 6.07) is 9.00. The fourth-order valence-corrected chi connectivity index (χ4v) is 2.38. The van der Waals surface area contributed by atoms with Crippen LogP contribution in [0, 0.1) is 11.3 Å². The van der Waals surface area contributed by atoms with Crippen molar-refractivity contribution >= 4 is 17.5 Å². The number of carbonyl (C=O) groups is 1. The second-order valence-corrected chi connectivity index (χ2v) is 5.45. The SMILES string of the molecule is N#Cc1ccc(Nc2ncc(C(=O)NCC3CCCO3)cn2)cc1. The quantitative estimate of drug-likeness (QED) is 0.873. The van der Waals surface area contributed by atoms with Gasteiger partial charge in [0.05, 0.1) is 23.3 Å². The second-order valence-electron chi connectivity index (χ2n) is 5.45. The van der Waals surface area contributed by atoms with Crippen LogP contribution >= 0.6 is 0 Å². The summed E-state index contributed by atoms with van der Waals surface area (Å²) in [7, 11) is 0. The van der Waals surface area contributed by atoms with E-state index in [2.05, 4.69) is 26.7 Å². The average molecular weight is 323 g/mol. The van der Waals surface area contributed by atoms with Gasteiger partial charge in [-0.2, -0.15) is 5.26 Å². The third kappa shape index (κ3) is 4.06. The summed E-state index contributed by atoms with van der Waals surface area (Å²) in [4.78, 5) is 20.3. The molecule has 1 amide bonds. The molecule has 0 spiro atoms. The van der Waals surface area contributed by atoms with Crippen molar-refractivity contribution in [2.45, 2.75) is 18.9 Å². The van der Waals surface area contributed by atoms with Gasteiger partial charge in [-0.15, -0.1) is 0 Å². The summed E-state index contributed by atoms with van der Waals surface area (Å²) < 4.78 is 5.47. The van der Waals surface area contributed by atoms with E-state index in [9.17, 15) is 4.79 Å². The van der Waals surface area contributed by atoms with Gasteiger partial charge in [-0.05, 0) is 37.1 Å². The van der Waals surface area contributed by atoms with Crippen molar-refractivity contribution in [3.63, 3.8) is 0 Å². The van der Waals surface area contributed by atoms with Crippen LogP contribution in [0.2, 0.25) is 0 Å². The van der Waals surface area contributed by atoms with Crippen molar-refractivity contribution in [2.75, 3.05) is 18.5 Å². The van der Waals surface area contributed by atoms with Crippen LogP contribution in [0.3, 0.4) is 0 Å². The van der Waals surface area contributed by atoms with Crippen molar-refractivity contribution in [1.82, 2.24) is 15.3 Å². The van der Waals surface area contributed by atoms with Crippen molar-refractivity contribution in [3.8, 4) is 6.07 Å². The zero-order valence-electron chi connectivity index (χ0n) is 13.0. The molecule has 24 heavy (non-hydrogen) atoms. The van der Waals surface area contributed by atoms with Crippen LogP contribution in [-0.4, -0.2) is 35.1 Å². The highest BCUT2D eigenvalue weighted by Crippen LogP contribution is 2.14. The number of hydrogen-bond donors (Lipinski definition) is 2. The van der Waals surface area contributed by atoms with Gasteiger partial charge in [0.2, 0.25) is 5.95 Å². The van der Waals surface area contributed by atoms with Crippen LogP contribution in [-0.2, 0) is 4.74 Å². The van der Waals surface area contributed by atoms with Gasteiger partial charge in [-0.3, -0.25) is 4.79 Å². The highest BCUT2D eigenvalue weighted by atomic mass is 16.5. The molecular formula is C17H17N5O2. The van der Waals surface area contributed by atoms with Crippen LogP contribution < -0.4 is 10.6 Å². The molecule has 0 bridgehead atoms. The van der Waals surface area contributed by atoms with Gasteiger partial charge >= 0.3 is 0 Å². The lowest BCUT2D eigenvalue weighted by molar-refractivity contribution is 0.0857. The Morgan fingerprint density at radius 1 is 1.29 bits per heavy atom. The van der Waals surface area contributed by atoms with Crippen LogP contribution in [0.1, 0.15) is 28.8 Å². The minimum absolute atomic E-state index is 0.104. The predicted octanol–water partition coefficient (Wildman–Crippen LogP) is 2.00. The molecule has 1 aromatic heterocycles. The summed E-state index contributed by atoms with van der Waals surface area (Å²) >= 11 is 0. The van der Waals surface area contributed by atoms with Crippen LogP contribution in [0.5, 0.6) is 0 Å². The lowest BCUT2D eigenvalue weighted by atomic mass is 10.2. The van der Waals surface area contributed by atoms with E-state index >= 15 is 0 Å². The molecule has 1 saturated heterocycles. The maximum atomic E-state index is 12.0. The molecule has 7 heteroatoms. The molecule has 7 nitrogen and oxygen atoms in total. The van der Waals surface area contributed by atoms with E-state index in [-0.39, 0.29) is 12.0 Å². The van der Waals surface area contributed by atoms with Crippen molar-refractivity contribution in [3.05, 3.63) is 47.8 Å². The Labute approximate surface area is 139 Å². The zero-order chi connectivity index (χ0) is 16.8. The molecular weight excluding hydrogens is 306 g/mol. The molecule has 0 saturated carbocycles. The van der Waals surface area contributed by atoms with Gasteiger partial charge in [0.15, 0.2) is 0 Å². The first-order chi connectivity index (χ1) is 11.7. The maximum Gasteiger partial charge on any atom is 0.254 e. The number of nitriles is 1. The van der Waals surface area contributed by atoms with Gasteiger partial charge in [-0.1, -0.05) is 0 Å². The molecule has 3 rings (SSSR count).